The van der Waals surface area contributed by atoms with E-state index in [4.69, 9.17) is 4.74 Å². The highest BCUT2D eigenvalue weighted by Gasteiger charge is 2.25. The van der Waals surface area contributed by atoms with Crippen LogP contribution in [0.1, 0.15) is 28.0 Å². The number of hydrogen-bond donors (Lipinski definition) is 1. The van der Waals surface area contributed by atoms with Crippen LogP contribution >= 0.6 is 0 Å². The van der Waals surface area contributed by atoms with Crippen molar-refractivity contribution in [1.29, 1.82) is 0 Å². The molecule has 0 aliphatic carbocycles. The number of nitrogens with one attached hydrogen (secondary N) is 1. The SMILES string of the molecule is CCN(C(=O)c1nc(C(=O)NCCOC)c2ccccn12)c1ccccc1. The zero-order valence-corrected chi connectivity index (χ0v) is 15.4. The number of nitrogens with zero attached hydrogens (tertiary/aromatic N) is 3. The minimum Gasteiger partial charge on any atom is -0.383 e. The Labute approximate surface area is 157 Å². The second-order valence-corrected chi connectivity index (χ2v) is 5.87. The Hall–Kier alpha value is -3.19. The number of para-hydroxylation sites is 1. The van der Waals surface area contributed by atoms with E-state index in [9.17, 15) is 9.59 Å². The lowest BCUT2D eigenvalue weighted by atomic mass is 10.3. The third-order valence-electron chi connectivity index (χ3n) is 4.18. The van der Waals surface area contributed by atoms with Crippen molar-refractivity contribution in [3.63, 3.8) is 0 Å². The summed E-state index contributed by atoms with van der Waals surface area (Å²) in [6.07, 6.45) is 1.74. The maximum atomic E-state index is 13.2. The Morgan fingerprint density at radius 3 is 2.59 bits per heavy atom. The number of methoxy groups -OCH3 is 1. The molecule has 0 unspecified atom stereocenters. The quantitative estimate of drug-likeness (QED) is 0.652. The number of carbonyl (C=O) groups excluding carboxylic acids is 2. The van der Waals surface area contributed by atoms with Crippen molar-refractivity contribution < 1.29 is 14.3 Å². The molecule has 3 rings (SSSR count). The van der Waals surface area contributed by atoms with Crippen molar-refractivity contribution in [1.82, 2.24) is 14.7 Å². The van der Waals surface area contributed by atoms with Crippen LogP contribution in [0.4, 0.5) is 5.69 Å². The van der Waals surface area contributed by atoms with Gasteiger partial charge >= 0.3 is 0 Å². The molecule has 0 radical (unpaired) electrons. The van der Waals surface area contributed by atoms with Crippen LogP contribution in [-0.4, -0.2) is 48.0 Å². The Bertz CT molecular complexity index is 937. The lowest BCUT2D eigenvalue weighted by molar-refractivity contribution is 0.0934. The molecular formula is C20H22N4O3. The molecule has 0 spiro atoms. The van der Waals surface area contributed by atoms with Gasteiger partial charge in [0.2, 0.25) is 5.82 Å². The minimum atomic E-state index is -0.336. The van der Waals surface area contributed by atoms with Gasteiger partial charge in [-0.2, -0.15) is 0 Å². The van der Waals surface area contributed by atoms with E-state index < -0.39 is 0 Å². The molecule has 2 heterocycles. The molecule has 0 aliphatic heterocycles. The predicted molar refractivity (Wildman–Crippen MR) is 103 cm³/mol. The Morgan fingerprint density at radius 1 is 1.15 bits per heavy atom. The number of aromatic nitrogens is 2. The molecule has 1 aromatic carbocycles. The first-order valence-corrected chi connectivity index (χ1v) is 8.78. The van der Waals surface area contributed by atoms with Crippen molar-refractivity contribution in [2.24, 2.45) is 0 Å². The number of imidazole rings is 1. The first kappa shape index (κ1) is 18.6. The summed E-state index contributed by atoms with van der Waals surface area (Å²) in [5.41, 5.74) is 1.59. The Balaban J connectivity index is 1.99. The number of hydrogen-bond acceptors (Lipinski definition) is 4. The van der Waals surface area contributed by atoms with Gasteiger partial charge in [0.15, 0.2) is 5.69 Å². The number of amides is 2. The van der Waals surface area contributed by atoms with Crippen molar-refractivity contribution in [2.75, 3.05) is 31.7 Å². The molecule has 0 fully saturated rings. The summed E-state index contributed by atoms with van der Waals surface area (Å²) >= 11 is 0. The van der Waals surface area contributed by atoms with Gasteiger partial charge in [-0.1, -0.05) is 24.3 Å². The molecule has 140 valence electrons. The predicted octanol–water partition coefficient (Wildman–Crippen LogP) is 2.38. The van der Waals surface area contributed by atoms with Gasteiger partial charge in [0.05, 0.1) is 12.1 Å². The second kappa shape index (κ2) is 8.46. The number of rotatable bonds is 7. The molecule has 2 aromatic heterocycles. The van der Waals surface area contributed by atoms with Crippen LogP contribution in [0.25, 0.3) is 5.52 Å². The third kappa shape index (κ3) is 3.83. The van der Waals surface area contributed by atoms with Gasteiger partial charge in [-0.15, -0.1) is 0 Å². The summed E-state index contributed by atoms with van der Waals surface area (Å²) in [6, 6.07) is 14.8. The van der Waals surface area contributed by atoms with Gasteiger partial charge in [-0.25, -0.2) is 4.98 Å². The van der Waals surface area contributed by atoms with Crippen LogP contribution in [0.15, 0.2) is 54.7 Å². The molecule has 0 bridgehead atoms. The molecule has 1 N–H and O–H groups in total. The van der Waals surface area contributed by atoms with Gasteiger partial charge < -0.3 is 15.0 Å². The van der Waals surface area contributed by atoms with Crippen LogP contribution < -0.4 is 10.2 Å². The summed E-state index contributed by atoms with van der Waals surface area (Å²) in [4.78, 5) is 31.7. The fourth-order valence-electron chi connectivity index (χ4n) is 2.88. The third-order valence-corrected chi connectivity index (χ3v) is 4.18. The van der Waals surface area contributed by atoms with E-state index in [1.807, 2.05) is 43.3 Å². The van der Waals surface area contributed by atoms with Crippen molar-refractivity contribution >= 4 is 23.0 Å². The van der Waals surface area contributed by atoms with Crippen LogP contribution in [-0.2, 0) is 4.74 Å². The number of anilines is 1. The number of fused-ring (bicyclic) bond motifs is 1. The van der Waals surface area contributed by atoms with E-state index in [1.165, 1.54) is 0 Å². The standard InChI is InChI=1S/C20H22N4O3/c1-3-23(15-9-5-4-6-10-15)20(26)18-22-17(19(25)21-12-14-27-2)16-11-7-8-13-24(16)18/h4-11,13H,3,12,14H2,1-2H3,(H,21,25). The first-order chi connectivity index (χ1) is 13.2. The fraction of sp³-hybridized carbons (Fsp3) is 0.250. The molecule has 0 atom stereocenters. The van der Waals surface area contributed by atoms with Gasteiger partial charge in [-0.3, -0.25) is 14.0 Å². The number of ether oxygens (including phenoxy) is 1. The molecule has 0 saturated heterocycles. The lowest BCUT2D eigenvalue weighted by Gasteiger charge is -2.20. The number of benzene rings is 1. The van der Waals surface area contributed by atoms with Crippen LogP contribution in [0.5, 0.6) is 0 Å². The van der Waals surface area contributed by atoms with Crippen molar-refractivity contribution in [3.8, 4) is 0 Å². The van der Waals surface area contributed by atoms with E-state index >= 15 is 0 Å². The maximum Gasteiger partial charge on any atom is 0.294 e. The van der Waals surface area contributed by atoms with Crippen molar-refractivity contribution in [2.45, 2.75) is 6.92 Å². The Morgan fingerprint density at radius 2 is 1.89 bits per heavy atom. The summed E-state index contributed by atoms with van der Waals surface area (Å²) in [7, 11) is 1.57. The molecular weight excluding hydrogens is 344 g/mol. The molecule has 27 heavy (non-hydrogen) atoms. The summed E-state index contributed by atoms with van der Waals surface area (Å²) in [5, 5.41) is 2.75. The van der Waals surface area contributed by atoms with E-state index in [0.717, 1.165) is 5.69 Å². The fourth-order valence-corrected chi connectivity index (χ4v) is 2.88. The maximum absolute atomic E-state index is 13.2. The first-order valence-electron chi connectivity index (χ1n) is 8.78. The van der Waals surface area contributed by atoms with Crippen LogP contribution in [0.3, 0.4) is 0 Å². The zero-order valence-electron chi connectivity index (χ0n) is 15.4. The summed E-state index contributed by atoms with van der Waals surface area (Å²) < 4.78 is 6.60. The number of carbonyl (C=O) groups is 2. The van der Waals surface area contributed by atoms with Gasteiger partial charge in [0, 0.05) is 32.1 Å². The van der Waals surface area contributed by atoms with E-state index in [2.05, 4.69) is 10.3 Å². The zero-order chi connectivity index (χ0) is 19.2. The Kier molecular flexibility index (Phi) is 5.83. The normalized spacial score (nSPS) is 10.7. The molecule has 7 heteroatoms. The van der Waals surface area contributed by atoms with E-state index in [0.29, 0.717) is 25.2 Å². The summed E-state index contributed by atoms with van der Waals surface area (Å²) in [6.45, 7) is 3.16. The average molecular weight is 366 g/mol. The van der Waals surface area contributed by atoms with Gasteiger partial charge in [0.1, 0.15) is 0 Å². The van der Waals surface area contributed by atoms with Crippen LogP contribution in [0, 0.1) is 0 Å². The average Bonchev–Trinajstić information content (AvgIpc) is 3.09. The van der Waals surface area contributed by atoms with Crippen molar-refractivity contribution in [3.05, 3.63) is 66.2 Å². The smallest absolute Gasteiger partial charge is 0.294 e. The topological polar surface area (TPSA) is 75.9 Å². The molecule has 0 saturated carbocycles. The van der Waals surface area contributed by atoms with E-state index in [-0.39, 0.29) is 23.3 Å². The molecule has 0 aliphatic rings. The van der Waals surface area contributed by atoms with Gasteiger partial charge in [-0.05, 0) is 31.2 Å². The lowest BCUT2D eigenvalue weighted by Crippen LogP contribution is -2.32. The van der Waals surface area contributed by atoms with Gasteiger partial charge in [0.25, 0.3) is 11.8 Å². The summed E-state index contributed by atoms with van der Waals surface area (Å²) in [5.74, 6) is -0.397. The second-order valence-electron chi connectivity index (χ2n) is 5.87. The highest BCUT2D eigenvalue weighted by molar-refractivity contribution is 6.07. The largest absolute Gasteiger partial charge is 0.383 e. The number of pyridine rings is 1. The highest BCUT2D eigenvalue weighted by atomic mass is 16.5. The minimum absolute atomic E-state index is 0.202. The van der Waals surface area contributed by atoms with E-state index in [1.54, 1.807) is 34.7 Å². The highest BCUT2D eigenvalue weighted by Crippen LogP contribution is 2.19. The van der Waals surface area contributed by atoms with Crippen LogP contribution in [0.2, 0.25) is 0 Å². The molecule has 3 aromatic rings. The molecule has 7 nitrogen and oxygen atoms in total. The molecule has 2 amide bonds. The monoisotopic (exact) mass is 366 g/mol.